The first-order chi connectivity index (χ1) is 8.56. The van der Waals surface area contributed by atoms with Gasteiger partial charge in [0.1, 0.15) is 5.82 Å². The monoisotopic (exact) mass is 263 g/mol. The van der Waals surface area contributed by atoms with Crippen molar-refractivity contribution in [3.63, 3.8) is 0 Å². The van der Waals surface area contributed by atoms with E-state index in [0.717, 1.165) is 11.6 Å². The molecule has 18 heavy (non-hydrogen) atoms. The highest BCUT2D eigenvalue weighted by atomic mass is 35.5. The smallest absolute Gasteiger partial charge is 0.168 e. The fraction of sp³-hybridized carbons (Fsp3) is 0.143. The Morgan fingerprint density at radius 2 is 2.11 bits per heavy atom. The minimum absolute atomic E-state index is 0.0139. The van der Waals surface area contributed by atoms with Crippen LogP contribution >= 0.6 is 11.6 Å². The fourth-order valence-corrected chi connectivity index (χ4v) is 1.66. The summed E-state index contributed by atoms with van der Waals surface area (Å²) in [6.45, 7) is 1.92. The lowest BCUT2D eigenvalue weighted by Gasteiger charge is -2.02. The maximum Gasteiger partial charge on any atom is 0.168 e. The minimum atomic E-state index is -0.584. The largest absolute Gasteiger partial charge is 0.294 e. The van der Waals surface area contributed by atoms with E-state index in [-0.39, 0.29) is 17.2 Å². The van der Waals surface area contributed by atoms with E-state index in [4.69, 9.17) is 11.6 Å². The number of pyridine rings is 1. The Hall–Kier alpha value is -1.74. The molecule has 0 aliphatic heterocycles. The summed E-state index contributed by atoms with van der Waals surface area (Å²) >= 11 is 5.56. The number of benzene rings is 1. The molecule has 0 aliphatic carbocycles. The molecular weight excluding hydrogens is 253 g/mol. The molecule has 1 aromatic heterocycles. The summed E-state index contributed by atoms with van der Waals surface area (Å²) in [5.74, 6) is -0.763. The Balaban J connectivity index is 2.16. The van der Waals surface area contributed by atoms with Gasteiger partial charge in [-0.15, -0.1) is 0 Å². The van der Waals surface area contributed by atoms with E-state index >= 15 is 0 Å². The van der Waals surface area contributed by atoms with Gasteiger partial charge in [-0.05, 0) is 36.8 Å². The second-order valence-corrected chi connectivity index (χ2v) is 4.46. The molecule has 92 valence electrons. The Morgan fingerprint density at radius 1 is 1.33 bits per heavy atom. The number of hydrogen-bond donors (Lipinski definition) is 0. The molecule has 0 spiro atoms. The first-order valence-corrected chi connectivity index (χ1v) is 5.84. The molecule has 4 heteroatoms. The van der Waals surface area contributed by atoms with Crippen LogP contribution < -0.4 is 0 Å². The first-order valence-electron chi connectivity index (χ1n) is 5.46. The maximum absolute atomic E-state index is 13.2. The molecule has 0 radical (unpaired) electrons. The van der Waals surface area contributed by atoms with Crippen molar-refractivity contribution in [3.05, 3.63) is 64.2 Å². The number of halogens is 2. The SMILES string of the molecule is Cc1ccc(CC(=O)c2ccc(Cl)c(F)c2)nc1. The average molecular weight is 264 g/mol. The van der Waals surface area contributed by atoms with E-state index in [1.54, 1.807) is 12.3 Å². The number of rotatable bonds is 3. The molecular formula is C14H11ClFNO. The van der Waals surface area contributed by atoms with Gasteiger partial charge >= 0.3 is 0 Å². The minimum Gasteiger partial charge on any atom is -0.294 e. The van der Waals surface area contributed by atoms with Crippen molar-refractivity contribution >= 4 is 17.4 Å². The predicted molar refractivity (Wildman–Crippen MR) is 68.4 cm³/mol. The van der Waals surface area contributed by atoms with Crippen LogP contribution in [0, 0.1) is 12.7 Å². The molecule has 0 unspecified atom stereocenters. The Labute approximate surface area is 109 Å². The number of carbonyl (C=O) groups excluding carboxylic acids is 1. The summed E-state index contributed by atoms with van der Waals surface area (Å²) in [5.41, 5.74) is 2.00. The van der Waals surface area contributed by atoms with Crippen LogP contribution in [0.15, 0.2) is 36.5 Å². The van der Waals surface area contributed by atoms with Crippen molar-refractivity contribution in [1.29, 1.82) is 0 Å². The molecule has 0 bridgehead atoms. The molecule has 2 rings (SSSR count). The highest BCUT2D eigenvalue weighted by Gasteiger charge is 2.10. The quantitative estimate of drug-likeness (QED) is 0.792. The zero-order chi connectivity index (χ0) is 13.1. The number of aromatic nitrogens is 1. The van der Waals surface area contributed by atoms with Gasteiger partial charge in [0, 0.05) is 17.5 Å². The number of Topliss-reactive ketones (excluding diaryl/α,β-unsaturated/α-hetero) is 1. The third-order valence-corrected chi connectivity index (χ3v) is 2.86. The third kappa shape index (κ3) is 2.93. The topological polar surface area (TPSA) is 30.0 Å². The zero-order valence-electron chi connectivity index (χ0n) is 9.78. The fourth-order valence-electron chi connectivity index (χ4n) is 1.54. The van der Waals surface area contributed by atoms with Crippen LogP contribution in [-0.4, -0.2) is 10.8 Å². The Bertz CT molecular complexity index is 581. The summed E-state index contributed by atoms with van der Waals surface area (Å²) < 4.78 is 13.2. The van der Waals surface area contributed by atoms with E-state index in [1.807, 2.05) is 13.0 Å². The van der Waals surface area contributed by atoms with Crippen molar-refractivity contribution in [2.24, 2.45) is 0 Å². The molecule has 0 N–H and O–H groups in total. The first kappa shape index (κ1) is 12.7. The van der Waals surface area contributed by atoms with Gasteiger partial charge in [-0.3, -0.25) is 9.78 Å². The lowest BCUT2D eigenvalue weighted by molar-refractivity contribution is 0.0991. The van der Waals surface area contributed by atoms with Gasteiger partial charge in [0.05, 0.1) is 11.4 Å². The number of ketones is 1. The van der Waals surface area contributed by atoms with E-state index < -0.39 is 5.82 Å². The third-order valence-electron chi connectivity index (χ3n) is 2.56. The molecule has 2 aromatic rings. The van der Waals surface area contributed by atoms with Crippen LogP contribution in [0.5, 0.6) is 0 Å². The van der Waals surface area contributed by atoms with Crippen molar-refractivity contribution in [2.75, 3.05) is 0 Å². The van der Waals surface area contributed by atoms with Crippen molar-refractivity contribution in [2.45, 2.75) is 13.3 Å². The number of hydrogen-bond acceptors (Lipinski definition) is 2. The van der Waals surface area contributed by atoms with Gasteiger partial charge in [0.25, 0.3) is 0 Å². The lowest BCUT2D eigenvalue weighted by Crippen LogP contribution is -2.05. The van der Waals surface area contributed by atoms with Crippen molar-refractivity contribution < 1.29 is 9.18 Å². The maximum atomic E-state index is 13.2. The van der Waals surface area contributed by atoms with Crippen LogP contribution in [-0.2, 0) is 6.42 Å². The molecule has 0 fully saturated rings. The molecule has 0 saturated carbocycles. The normalized spacial score (nSPS) is 10.4. The molecule has 2 nitrogen and oxygen atoms in total. The molecule has 1 heterocycles. The summed E-state index contributed by atoms with van der Waals surface area (Å²) in [6.07, 6.45) is 1.85. The standard InChI is InChI=1S/C14H11ClFNO/c1-9-2-4-11(17-8-9)7-14(18)10-3-5-12(15)13(16)6-10/h2-6,8H,7H2,1H3. The second-order valence-electron chi connectivity index (χ2n) is 4.06. The summed E-state index contributed by atoms with van der Waals surface area (Å²) in [4.78, 5) is 16.1. The summed E-state index contributed by atoms with van der Waals surface area (Å²) in [7, 11) is 0. The highest BCUT2D eigenvalue weighted by Crippen LogP contribution is 2.16. The Morgan fingerprint density at radius 3 is 2.72 bits per heavy atom. The van der Waals surface area contributed by atoms with Gasteiger partial charge in [0.15, 0.2) is 5.78 Å². The van der Waals surface area contributed by atoms with E-state index in [0.29, 0.717) is 11.3 Å². The highest BCUT2D eigenvalue weighted by molar-refractivity contribution is 6.30. The molecule has 0 amide bonds. The molecule has 1 aromatic carbocycles. The van der Waals surface area contributed by atoms with Crippen LogP contribution in [0.25, 0.3) is 0 Å². The second kappa shape index (κ2) is 5.27. The van der Waals surface area contributed by atoms with Gasteiger partial charge in [-0.2, -0.15) is 0 Å². The zero-order valence-corrected chi connectivity index (χ0v) is 10.5. The van der Waals surface area contributed by atoms with Crippen molar-refractivity contribution in [3.8, 4) is 0 Å². The van der Waals surface area contributed by atoms with Crippen LogP contribution in [0.2, 0.25) is 5.02 Å². The number of aryl methyl sites for hydroxylation is 1. The molecule has 0 aliphatic rings. The van der Waals surface area contributed by atoms with Crippen molar-refractivity contribution in [1.82, 2.24) is 4.98 Å². The number of carbonyl (C=O) groups is 1. The van der Waals surface area contributed by atoms with E-state index in [9.17, 15) is 9.18 Å². The Kier molecular flexibility index (Phi) is 3.72. The summed E-state index contributed by atoms with van der Waals surface area (Å²) in [5, 5.41) is 0.0139. The summed E-state index contributed by atoms with van der Waals surface area (Å²) in [6, 6.07) is 7.73. The van der Waals surface area contributed by atoms with Gasteiger partial charge in [-0.1, -0.05) is 17.7 Å². The van der Waals surface area contributed by atoms with E-state index in [1.165, 1.54) is 12.1 Å². The lowest BCUT2D eigenvalue weighted by atomic mass is 10.1. The predicted octanol–water partition coefficient (Wildman–Crippen LogP) is 3.61. The van der Waals surface area contributed by atoms with Gasteiger partial charge < -0.3 is 0 Å². The number of nitrogens with zero attached hydrogens (tertiary/aromatic N) is 1. The van der Waals surface area contributed by atoms with Gasteiger partial charge in [0.2, 0.25) is 0 Å². The van der Waals surface area contributed by atoms with Crippen LogP contribution in [0.3, 0.4) is 0 Å². The van der Waals surface area contributed by atoms with Gasteiger partial charge in [-0.25, -0.2) is 4.39 Å². The van der Waals surface area contributed by atoms with E-state index in [2.05, 4.69) is 4.98 Å². The molecule has 0 saturated heterocycles. The van der Waals surface area contributed by atoms with Crippen LogP contribution in [0.4, 0.5) is 4.39 Å². The molecule has 0 atom stereocenters. The average Bonchev–Trinajstić information content (AvgIpc) is 2.35. The van der Waals surface area contributed by atoms with Crippen LogP contribution in [0.1, 0.15) is 21.6 Å².